The molecule has 0 aromatic rings. The van der Waals surface area contributed by atoms with Gasteiger partial charge in [0, 0.05) is 6.42 Å². The second kappa shape index (κ2) is 6.36. The van der Waals surface area contributed by atoms with Crippen molar-refractivity contribution in [3.63, 3.8) is 0 Å². The van der Waals surface area contributed by atoms with Crippen molar-refractivity contribution in [2.24, 2.45) is 5.73 Å². The summed E-state index contributed by atoms with van der Waals surface area (Å²) in [5, 5.41) is 0. The zero-order chi connectivity index (χ0) is 8.69. The molecule has 0 heterocycles. The van der Waals surface area contributed by atoms with Crippen LogP contribution in [0, 0.1) is 0 Å². The van der Waals surface area contributed by atoms with E-state index in [0.717, 1.165) is 18.9 Å². The third kappa shape index (κ3) is 7.54. The van der Waals surface area contributed by atoms with Crippen LogP contribution in [-0.4, -0.2) is 19.7 Å². The first-order valence-corrected chi connectivity index (χ1v) is 5.85. The highest BCUT2D eigenvalue weighted by atomic mass is 28.3. The van der Waals surface area contributed by atoms with Gasteiger partial charge in [0.05, 0.1) is 0 Å². The molecule has 0 spiro atoms. The lowest BCUT2D eigenvalue weighted by atomic mass is 10.4. The molecule has 0 atom stereocenters. The van der Waals surface area contributed by atoms with Gasteiger partial charge in [-0.1, -0.05) is 19.8 Å². The molecule has 0 aliphatic carbocycles. The molecule has 0 saturated carbocycles. The van der Waals surface area contributed by atoms with Crippen molar-refractivity contribution < 1.29 is 9.59 Å². The minimum absolute atomic E-state index is 0.307. The summed E-state index contributed by atoms with van der Waals surface area (Å²) in [4.78, 5) is 19.6. The van der Waals surface area contributed by atoms with E-state index in [9.17, 15) is 9.59 Å². The van der Waals surface area contributed by atoms with Crippen LogP contribution >= 0.6 is 0 Å². The average Bonchev–Trinajstić information content (AvgIpc) is 1.97. The molecule has 0 unspecified atom stereocenters. The Morgan fingerprint density at radius 3 is 2.64 bits per heavy atom. The average molecular weight is 174 g/mol. The molecule has 0 bridgehead atoms. The van der Waals surface area contributed by atoms with Gasteiger partial charge >= 0.3 is 0 Å². The summed E-state index contributed by atoms with van der Waals surface area (Å²) in [6, 6.07) is 1.49. The fourth-order valence-corrected chi connectivity index (χ4v) is 2.32. The molecule has 0 aliphatic rings. The zero-order valence-corrected chi connectivity index (χ0v) is 7.97. The van der Waals surface area contributed by atoms with Gasteiger partial charge in [0.1, 0.15) is 0 Å². The van der Waals surface area contributed by atoms with Gasteiger partial charge < -0.3 is 10.5 Å². The normalized spacial score (nSPS) is 10.5. The van der Waals surface area contributed by atoms with E-state index in [2.05, 4.69) is 6.92 Å². The quantitative estimate of drug-likeness (QED) is 0.581. The molecule has 0 saturated heterocycles. The molecule has 11 heavy (non-hydrogen) atoms. The summed E-state index contributed by atoms with van der Waals surface area (Å²) >= 11 is 0. The molecular formula is C7H16NO2Si. The maximum atomic E-state index is 10.3. The lowest BCUT2D eigenvalue weighted by Gasteiger charge is -2.03. The van der Waals surface area contributed by atoms with E-state index in [1.807, 2.05) is 0 Å². The summed E-state index contributed by atoms with van der Waals surface area (Å²) in [7, 11) is -1.25. The van der Waals surface area contributed by atoms with Gasteiger partial charge in [0.15, 0.2) is 0 Å². The first kappa shape index (κ1) is 10.6. The molecule has 0 fully saturated rings. The molecular weight excluding hydrogens is 158 g/mol. The lowest BCUT2D eigenvalue weighted by Crippen LogP contribution is -2.17. The third-order valence-electron chi connectivity index (χ3n) is 1.48. The molecule has 0 rings (SSSR count). The molecule has 65 valence electrons. The van der Waals surface area contributed by atoms with Crippen LogP contribution in [0.25, 0.3) is 0 Å². The minimum Gasteiger partial charge on any atom is -0.431 e. The topological polar surface area (TPSA) is 63.3 Å². The van der Waals surface area contributed by atoms with E-state index >= 15 is 0 Å². The molecule has 4 heteroatoms. The molecule has 1 radical (unpaired) electrons. The number of amides is 1. The summed E-state index contributed by atoms with van der Waals surface area (Å²) in [5.74, 6) is -0.307. The number of rotatable bonds is 6. The smallest absolute Gasteiger partial charge is 0.217 e. The van der Waals surface area contributed by atoms with Crippen LogP contribution in [0.15, 0.2) is 0 Å². The van der Waals surface area contributed by atoms with Crippen LogP contribution in [-0.2, 0) is 4.79 Å². The van der Waals surface area contributed by atoms with Gasteiger partial charge in [-0.05, 0) is 12.1 Å². The number of hydrogen-bond acceptors (Lipinski definition) is 2. The summed E-state index contributed by atoms with van der Waals surface area (Å²) in [6.45, 7) is 2.09. The van der Waals surface area contributed by atoms with Gasteiger partial charge in [-0.15, -0.1) is 0 Å². The highest BCUT2D eigenvalue weighted by molar-refractivity contribution is 6.50. The lowest BCUT2D eigenvalue weighted by molar-refractivity contribution is -0.117. The molecule has 0 aromatic carbocycles. The van der Waals surface area contributed by atoms with Gasteiger partial charge in [0.25, 0.3) is 0 Å². The number of carbonyl (C=O) groups is 1. The fraction of sp³-hybridized carbons (Fsp3) is 0.857. The maximum Gasteiger partial charge on any atom is 0.217 e. The van der Waals surface area contributed by atoms with Gasteiger partial charge in [-0.2, -0.15) is 0 Å². The molecule has 0 aromatic heterocycles. The minimum atomic E-state index is -1.25. The van der Waals surface area contributed by atoms with Crippen LogP contribution in [0.3, 0.4) is 0 Å². The monoisotopic (exact) mass is 174 g/mol. The molecule has 1 amide bonds. The number of hydrogen-bond donors (Lipinski definition) is 2. The predicted octanol–water partition coefficient (Wildman–Crippen LogP) is 0.646. The number of primary amides is 1. The van der Waals surface area contributed by atoms with Crippen molar-refractivity contribution in [2.45, 2.75) is 38.3 Å². The van der Waals surface area contributed by atoms with Gasteiger partial charge in [-0.3, -0.25) is 4.79 Å². The standard InChI is InChI=1S/C7H16NO2Si/c1-2-3-5-11(10)6-4-7(8)9/h10H,2-6H2,1H3,(H2,8,9). The van der Waals surface area contributed by atoms with Crippen molar-refractivity contribution >= 4 is 14.9 Å². The van der Waals surface area contributed by atoms with E-state index in [1.54, 1.807) is 0 Å². The van der Waals surface area contributed by atoms with Gasteiger partial charge in [0.2, 0.25) is 14.9 Å². The largest absolute Gasteiger partial charge is 0.431 e. The molecule has 0 aliphatic heterocycles. The highest BCUT2D eigenvalue weighted by Gasteiger charge is 2.08. The Balaban J connectivity index is 3.22. The SMILES string of the molecule is CCCC[Si](O)CCC(N)=O. The van der Waals surface area contributed by atoms with Crippen LogP contribution < -0.4 is 5.73 Å². The van der Waals surface area contributed by atoms with Crippen LogP contribution in [0.5, 0.6) is 0 Å². The second-order valence-corrected chi connectivity index (χ2v) is 4.77. The van der Waals surface area contributed by atoms with Crippen LogP contribution in [0.2, 0.25) is 12.1 Å². The first-order valence-electron chi connectivity index (χ1n) is 3.98. The van der Waals surface area contributed by atoms with Crippen molar-refractivity contribution in [3.8, 4) is 0 Å². The summed E-state index contributed by atoms with van der Waals surface area (Å²) in [6.07, 6.45) is 2.50. The fourth-order valence-electron chi connectivity index (χ4n) is 0.773. The zero-order valence-electron chi connectivity index (χ0n) is 6.97. The Kier molecular flexibility index (Phi) is 6.16. The number of carbonyl (C=O) groups excluding carboxylic acids is 1. The Bertz CT molecular complexity index is 119. The van der Waals surface area contributed by atoms with Crippen LogP contribution in [0.4, 0.5) is 0 Å². The van der Waals surface area contributed by atoms with E-state index in [4.69, 9.17) is 5.73 Å². The first-order chi connectivity index (χ1) is 5.16. The van der Waals surface area contributed by atoms with Crippen molar-refractivity contribution in [1.82, 2.24) is 0 Å². The van der Waals surface area contributed by atoms with Crippen molar-refractivity contribution in [1.29, 1.82) is 0 Å². The number of unbranched alkanes of at least 4 members (excludes halogenated alkanes) is 1. The number of nitrogens with two attached hydrogens (primary N) is 1. The van der Waals surface area contributed by atoms with Crippen molar-refractivity contribution in [2.75, 3.05) is 0 Å². The third-order valence-corrected chi connectivity index (χ3v) is 3.24. The van der Waals surface area contributed by atoms with E-state index < -0.39 is 9.04 Å². The second-order valence-electron chi connectivity index (χ2n) is 2.64. The van der Waals surface area contributed by atoms with E-state index in [0.29, 0.717) is 12.5 Å². The molecule has 3 N–H and O–H groups in total. The van der Waals surface area contributed by atoms with Gasteiger partial charge in [-0.25, -0.2) is 0 Å². The highest BCUT2D eigenvalue weighted by Crippen LogP contribution is 2.04. The predicted molar refractivity (Wildman–Crippen MR) is 46.3 cm³/mol. The summed E-state index contributed by atoms with van der Waals surface area (Å²) in [5.41, 5.74) is 4.94. The molecule has 3 nitrogen and oxygen atoms in total. The Hall–Kier alpha value is -0.353. The van der Waals surface area contributed by atoms with E-state index in [-0.39, 0.29) is 5.91 Å². The Morgan fingerprint density at radius 1 is 1.55 bits per heavy atom. The summed E-state index contributed by atoms with van der Waals surface area (Å²) < 4.78 is 0. The van der Waals surface area contributed by atoms with Crippen LogP contribution in [0.1, 0.15) is 26.2 Å². The maximum absolute atomic E-state index is 10.3. The Morgan fingerprint density at radius 2 is 2.18 bits per heavy atom. The van der Waals surface area contributed by atoms with E-state index in [1.165, 1.54) is 0 Å². The van der Waals surface area contributed by atoms with Crippen molar-refractivity contribution in [3.05, 3.63) is 0 Å². The Labute approximate surface area is 69.3 Å².